The second-order valence-electron chi connectivity index (χ2n) is 6.21. The molecule has 0 spiro atoms. The number of rotatable bonds is 10. The molecule has 0 saturated carbocycles. The average Bonchev–Trinajstić information content (AvgIpc) is 2.64. The van der Waals surface area contributed by atoms with Crippen LogP contribution in [0.25, 0.3) is 0 Å². The molecule has 0 radical (unpaired) electrons. The number of hydrogen-bond acceptors (Lipinski definition) is 5. The van der Waals surface area contributed by atoms with Crippen LogP contribution in [0.4, 0.5) is 5.69 Å². The van der Waals surface area contributed by atoms with Gasteiger partial charge in [0.15, 0.2) is 0 Å². The maximum atomic E-state index is 12.2. The number of carbonyl (C=O) groups excluding carboxylic acids is 1. The number of sulfonamides is 1. The molecule has 2 aromatic carbocycles. The lowest BCUT2D eigenvalue weighted by Crippen LogP contribution is -2.41. The fourth-order valence-corrected chi connectivity index (χ4v) is 3.32. The number of ether oxygens (including phenoxy) is 2. The van der Waals surface area contributed by atoms with Gasteiger partial charge in [-0.2, -0.15) is 0 Å². The maximum absolute atomic E-state index is 12.2. The number of amides is 1. The monoisotopic (exact) mass is 406 g/mol. The fourth-order valence-electron chi connectivity index (χ4n) is 2.48. The van der Waals surface area contributed by atoms with Crippen LogP contribution < -0.4 is 19.1 Å². The molecule has 8 heteroatoms. The lowest BCUT2D eigenvalue weighted by Gasteiger charge is -2.22. The van der Waals surface area contributed by atoms with Crippen molar-refractivity contribution in [3.63, 3.8) is 0 Å². The third kappa shape index (κ3) is 6.77. The molecule has 0 aliphatic carbocycles. The predicted molar refractivity (Wildman–Crippen MR) is 109 cm³/mol. The molecule has 1 N–H and O–H groups in total. The van der Waals surface area contributed by atoms with Gasteiger partial charge in [0.1, 0.15) is 24.7 Å². The Labute approximate surface area is 166 Å². The Balaban J connectivity index is 1.92. The molecule has 152 valence electrons. The van der Waals surface area contributed by atoms with Gasteiger partial charge in [0.2, 0.25) is 15.9 Å². The molecule has 0 bridgehead atoms. The summed E-state index contributed by atoms with van der Waals surface area (Å²) < 4.78 is 36.3. The van der Waals surface area contributed by atoms with Crippen molar-refractivity contribution >= 4 is 21.6 Å². The van der Waals surface area contributed by atoms with Crippen molar-refractivity contribution in [2.45, 2.75) is 13.8 Å². The number of nitrogens with one attached hydrogen (secondary N) is 1. The molecule has 0 aliphatic heterocycles. The molecule has 0 aliphatic rings. The van der Waals surface area contributed by atoms with Gasteiger partial charge >= 0.3 is 0 Å². The third-order valence-electron chi connectivity index (χ3n) is 3.82. The molecule has 0 atom stereocenters. The highest BCUT2D eigenvalue weighted by Crippen LogP contribution is 2.23. The molecule has 7 nitrogen and oxygen atoms in total. The summed E-state index contributed by atoms with van der Waals surface area (Å²) in [6.07, 6.45) is 1.06. The van der Waals surface area contributed by atoms with E-state index in [2.05, 4.69) is 5.32 Å². The molecule has 2 rings (SSSR count). The molecule has 1 amide bonds. The highest BCUT2D eigenvalue weighted by Gasteiger charge is 2.21. The summed E-state index contributed by atoms with van der Waals surface area (Å²) in [5.74, 6) is 0.839. The van der Waals surface area contributed by atoms with E-state index in [-0.39, 0.29) is 19.7 Å². The number of nitrogens with zero attached hydrogens (tertiary/aromatic N) is 1. The molecule has 0 saturated heterocycles. The van der Waals surface area contributed by atoms with E-state index in [0.717, 1.165) is 16.1 Å². The van der Waals surface area contributed by atoms with Crippen LogP contribution in [0.15, 0.2) is 48.5 Å². The molecule has 0 fully saturated rings. The summed E-state index contributed by atoms with van der Waals surface area (Å²) in [6.45, 7) is 4.52. The largest absolute Gasteiger partial charge is 0.494 e. The zero-order chi connectivity index (χ0) is 20.6. The summed E-state index contributed by atoms with van der Waals surface area (Å²) in [4.78, 5) is 12.2. The van der Waals surface area contributed by atoms with E-state index >= 15 is 0 Å². The fraction of sp³-hybridized carbons (Fsp3) is 0.350. The van der Waals surface area contributed by atoms with Crippen molar-refractivity contribution < 1.29 is 22.7 Å². The standard InChI is InChI=1S/C20H26N2O5S/c1-4-26-19-7-5-6-17(14-19)22(28(3,24)25)15-20(23)21-12-13-27-18-10-8-16(2)9-11-18/h5-11,14H,4,12-13,15H2,1-3H3,(H,21,23). The highest BCUT2D eigenvalue weighted by atomic mass is 32.2. The maximum Gasteiger partial charge on any atom is 0.240 e. The molecule has 0 unspecified atom stereocenters. The Morgan fingerprint density at radius 1 is 1.07 bits per heavy atom. The van der Waals surface area contributed by atoms with Crippen molar-refractivity contribution in [1.29, 1.82) is 0 Å². The Kier molecular flexibility index (Phi) is 7.69. The van der Waals surface area contributed by atoms with Gasteiger partial charge in [-0.3, -0.25) is 9.10 Å². The molecule has 0 heterocycles. The molecule has 0 aromatic heterocycles. The Morgan fingerprint density at radius 3 is 2.43 bits per heavy atom. The molecule has 28 heavy (non-hydrogen) atoms. The molecular weight excluding hydrogens is 380 g/mol. The number of anilines is 1. The minimum absolute atomic E-state index is 0.267. The van der Waals surface area contributed by atoms with Crippen molar-refractivity contribution in [2.24, 2.45) is 0 Å². The van der Waals surface area contributed by atoms with Gasteiger partial charge in [-0.25, -0.2) is 8.42 Å². The lowest BCUT2D eigenvalue weighted by molar-refractivity contribution is -0.119. The zero-order valence-corrected chi connectivity index (χ0v) is 17.2. The van der Waals surface area contributed by atoms with E-state index in [1.165, 1.54) is 0 Å². The van der Waals surface area contributed by atoms with Crippen LogP contribution in [-0.4, -0.2) is 46.9 Å². The normalized spacial score (nSPS) is 11.0. The summed E-state index contributed by atoms with van der Waals surface area (Å²) >= 11 is 0. The minimum Gasteiger partial charge on any atom is -0.494 e. The van der Waals surface area contributed by atoms with Crippen molar-refractivity contribution in [2.75, 3.05) is 36.9 Å². The minimum atomic E-state index is -3.64. The van der Waals surface area contributed by atoms with Gasteiger partial charge in [0.05, 0.1) is 25.1 Å². The summed E-state index contributed by atoms with van der Waals surface area (Å²) in [5, 5.41) is 2.68. The summed E-state index contributed by atoms with van der Waals surface area (Å²) in [5.41, 5.74) is 1.51. The van der Waals surface area contributed by atoms with Crippen LogP contribution in [0.3, 0.4) is 0 Å². The van der Waals surface area contributed by atoms with E-state index in [0.29, 0.717) is 23.8 Å². The van der Waals surface area contributed by atoms with Gasteiger partial charge < -0.3 is 14.8 Å². The second-order valence-corrected chi connectivity index (χ2v) is 8.12. The number of hydrogen-bond donors (Lipinski definition) is 1. The van der Waals surface area contributed by atoms with Crippen molar-refractivity contribution in [3.8, 4) is 11.5 Å². The Morgan fingerprint density at radius 2 is 1.79 bits per heavy atom. The van der Waals surface area contributed by atoms with Crippen LogP contribution in [0.5, 0.6) is 11.5 Å². The van der Waals surface area contributed by atoms with Gasteiger partial charge in [-0.1, -0.05) is 23.8 Å². The van der Waals surface area contributed by atoms with Crippen LogP contribution in [0.2, 0.25) is 0 Å². The molecular formula is C20H26N2O5S. The van der Waals surface area contributed by atoms with Crippen molar-refractivity contribution in [3.05, 3.63) is 54.1 Å². The average molecular weight is 407 g/mol. The van der Waals surface area contributed by atoms with Crippen LogP contribution in [0.1, 0.15) is 12.5 Å². The van der Waals surface area contributed by atoms with E-state index in [9.17, 15) is 13.2 Å². The van der Waals surface area contributed by atoms with E-state index in [1.54, 1.807) is 24.3 Å². The first-order chi connectivity index (χ1) is 13.3. The predicted octanol–water partition coefficient (Wildman–Crippen LogP) is 2.35. The van der Waals surface area contributed by atoms with E-state index in [4.69, 9.17) is 9.47 Å². The first-order valence-electron chi connectivity index (χ1n) is 8.96. The van der Waals surface area contributed by atoms with Gasteiger partial charge in [-0.05, 0) is 38.1 Å². The van der Waals surface area contributed by atoms with Gasteiger partial charge in [-0.15, -0.1) is 0 Å². The van der Waals surface area contributed by atoms with Crippen LogP contribution in [0, 0.1) is 6.92 Å². The van der Waals surface area contributed by atoms with E-state index in [1.807, 2.05) is 38.1 Å². The van der Waals surface area contributed by atoms with Crippen LogP contribution in [-0.2, 0) is 14.8 Å². The highest BCUT2D eigenvalue weighted by molar-refractivity contribution is 7.92. The third-order valence-corrected chi connectivity index (χ3v) is 4.96. The Hall–Kier alpha value is -2.74. The van der Waals surface area contributed by atoms with Gasteiger partial charge in [0.25, 0.3) is 0 Å². The number of carbonyl (C=O) groups is 1. The zero-order valence-electron chi connectivity index (χ0n) is 16.3. The quantitative estimate of drug-likeness (QED) is 0.612. The first kappa shape index (κ1) is 21.6. The number of benzene rings is 2. The van der Waals surface area contributed by atoms with Crippen molar-refractivity contribution in [1.82, 2.24) is 5.32 Å². The van der Waals surface area contributed by atoms with Crippen LogP contribution >= 0.6 is 0 Å². The molecule has 2 aromatic rings. The smallest absolute Gasteiger partial charge is 0.240 e. The topological polar surface area (TPSA) is 84.9 Å². The second kappa shape index (κ2) is 9.98. The summed E-state index contributed by atoms with van der Waals surface area (Å²) in [7, 11) is -3.64. The summed E-state index contributed by atoms with van der Waals surface area (Å²) in [6, 6.07) is 14.2. The van der Waals surface area contributed by atoms with Gasteiger partial charge in [0, 0.05) is 6.07 Å². The Bertz CT molecular complexity index is 882. The lowest BCUT2D eigenvalue weighted by atomic mass is 10.2. The number of aryl methyl sites for hydroxylation is 1. The first-order valence-corrected chi connectivity index (χ1v) is 10.8. The SMILES string of the molecule is CCOc1cccc(N(CC(=O)NCCOc2ccc(C)cc2)S(C)(=O)=O)c1. The van der Waals surface area contributed by atoms with E-state index < -0.39 is 15.9 Å².